The third kappa shape index (κ3) is 6.87. The molecule has 2 aromatic carbocycles. The second-order valence-corrected chi connectivity index (χ2v) is 8.65. The molecule has 0 aliphatic heterocycles. The molecule has 0 radical (unpaired) electrons. The number of carboxylic acids is 1. The fraction of sp³-hybridized carbons (Fsp3) is 0.269. The van der Waals surface area contributed by atoms with Crippen LogP contribution < -0.4 is 0 Å². The van der Waals surface area contributed by atoms with Crippen LogP contribution in [0.25, 0.3) is 12.2 Å². The first-order chi connectivity index (χ1) is 17.4. The SMILES string of the molecule is Cc1cc(/C=C/C(=O)OC2CC(O)(C(=O)O)CC(OC(=O)/C=C/c3ccc(O)c(O)c3)C2O)ccc1O. The summed E-state index contributed by atoms with van der Waals surface area (Å²) in [6.45, 7) is 1.67. The summed E-state index contributed by atoms with van der Waals surface area (Å²) >= 11 is 0. The summed E-state index contributed by atoms with van der Waals surface area (Å²) in [6.07, 6.45) is -1.36. The molecule has 3 rings (SSSR count). The van der Waals surface area contributed by atoms with E-state index in [-0.39, 0.29) is 11.5 Å². The summed E-state index contributed by atoms with van der Waals surface area (Å²) in [4.78, 5) is 36.3. The molecule has 1 aliphatic carbocycles. The number of phenolic OH excluding ortho intramolecular Hbond substituents is 3. The predicted octanol–water partition coefficient (Wildman–Crippen LogP) is 1.63. The van der Waals surface area contributed by atoms with Gasteiger partial charge in [0.1, 0.15) is 24.1 Å². The van der Waals surface area contributed by atoms with Gasteiger partial charge in [-0.3, -0.25) is 0 Å². The Bertz CT molecular complexity index is 1160. The Kier molecular flexibility index (Phi) is 8.21. The summed E-state index contributed by atoms with van der Waals surface area (Å²) < 4.78 is 10.3. The highest BCUT2D eigenvalue weighted by molar-refractivity contribution is 5.88. The molecule has 196 valence electrons. The molecule has 11 heteroatoms. The molecule has 0 saturated heterocycles. The second-order valence-electron chi connectivity index (χ2n) is 8.65. The number of ether oxygens (including phenoxy) is 2. The first kappa shape index (κ1) is 27.2. The molecular formula is C26H26O11. The second kappa shape index (κ2) is 11.1. The van der Waals surface area contributed by atoms with E-state index in [0.29, 0.717) is 16.7 Å². The highest BCUT2D eigenvalue weighted by atomic mass is 16.6. The van der Waals surface area contributed by atoms with Crippen LogP contribution in [-0.4, -0.2) is 72.5 Å². The highest BCUT2D eigenvalue weighted by Gasteiger charge is 2.52. The van der Waals surface area contributed by atoms with Crippen LogP contribution >= 0.6 is 0 Å². The molecule has 0 spiro atoms. The van der Waals surface area contributed by atoms with Gasteiger partial charge in [-0.1, -0.05) is 12.1 Å². The molecule has 1 saturated carbocycles. The molecule has 4 unspecified atom stereocenters. The molecule has 0 heterocycles. The fourth-order valence-corrected chi connectivity index (χ4v) is 3.76. The largest absolute Gasteiger partial charge is 0.508 e. The number of benzene rings is 2. The summed E-state index contributed by atoms with van der Waals surface area (Å²) in [7, 11) is 0. The van der Waals surface area contributed by atoms with Gasteiger partial charge in [0.25, 0.3) is 0 Å². The van der Waals surface area contributed by atoms with Crippen LogP contribution in [0.4, 0.5) is 0 Å². The summed E-state index contributed by atoms with van der Waals surface area (Å²) in [5, 5.41) is 59.1. The molecule has 37 heavy (non-hydrogen) atoms. The van der Waals surface area contributed by atoms with Crippen molar-refractivity contribution in [2.45, 2.75) is 43.7 Å². The van der Waals surface area contributed by atoms with Crippen molar-refractivity contribution in [2.24, 2.45) is 0 Å². The van der Waals surface area contributed by atoms with Gasteiger partial charge in [-0.25, -0.2) is 14.4 Å². The molecule has 2 aromatic rings. The highest BCUT2D eigenvalue weighted by Crippen LogP contribution is 2.33. The monoisotopic (exact) mass is 514 g/mol. The van der Waals surface area contributed by atoms with Gasteiger partial charge in [0.2, 0.25) is 0 Å². The van der Waals surface area contributed by atoms with E-state index in [1.807, 2.05) is 0 Å². The maximum atomic E-state index is 12.3. The zero-order valence-electron chi connectivity index (χ0n) is 19.6. The van der Waals surface area contributed by atoms with E-state index in [1.165, 1.54) is 36.4 Å². The Hall–Kier alpha value is -4.35. The predicted molar refractivity (Wildman–Crippen MR) is 128 cm³/mol. The molecule has 11 nitrogen and oxygen atoms in total. The lowest BCUT2D eigenvalue weighted by Gasteiger charge is -2.40. The molecule has 6 N–H and O–H groups in total. The Morgan fingerprint density at radius 1 is 0.838 bits per heavy atom. The van der Waals surface area contributed by atoms with Crippen molar-refractivity contribution < 1.29 is 54.5 Å². The molecule has 1 aliphatic rings. The third-order valence-electron chi connectivity index (χ3n) is 5.82. The van der Waals surface area contributed by atoms with Crippen molar-refractivity contribution in [1.29, 1.82) is 0 Å². The maximum Gasteiger partial charge on any atom is 0.335 e. The number of phenols is 3. The third-order valence-corrected chi connectivity index (χ3v) is 5.82. The average Bonchev–Trinajstić information content (AvgIpc) is 2.83. The number of carboxylic acid groups (broad SMARTS) is 1. The van der Waals surface area contributed by atoms with Gasteiger partial charge in [-0.2, -0.15) is 0 Å². The minimum atomic E-state index is -2.45. The van der Waals surface area contributed by atoms with Crippen LogP contribution in [0.1, 0.15) is 29.5 Å². The standard InChI is InChI=1S/C26H26O11/c1-14-10-15(2-6-17(14)27)4-8-22(30)36-20-12-26(35,25(33)34)13-21(24(20)32)37-23(31)9-5-16-3-7-18(28)19(29)11-16/h2-11,20-21,24,27-29,32,35H,12-13H2,1H3,(H,33,34)/b8-4+,9-5+. The van der Waals surface area contributed by atoms with Crippen LogP contribution in [-0.2, 0) is 23.9 Å². The van der Waals surface area contributed by atoms with Crippen LogP contribution in [0.3, 0.4) is 0 Å². The normalized spacial score (nSPS) is 23.7. The number of rotatable bonds is 7. The van der Waals surface area contributed by atoms with E-state index in [4.69, 9.17) is 9.47 Å². The van der Waals surface area contributed by atoms with Crippen LogP contribution in [0, 0.1) is 6.92 Å². The Morgan fingerprint density at radius 2 is 1.32 bits per heavy atom. The first-order valence-corrected chi connectivity index (χ1v) is 11.1. The first-order valence-electron chi connectivity index (χ1n) is 11.1. The van der Waals surface area contributed by atoms with Gasteiger partial charge in [-0.05, 0) is 60.0 Å². The van der Waals surface area contributed by atoms with Crippen molar-refractivity contribution in [2.75, 3.05) is 0 Å². The van der Waals surface area contributed by atoms with Crippen LogP contribution in [0.15, 0.2) is 48.6 Å². The lowest BCUT2D eigenvalue weighted by molar-refractivity contribution is -0.203. The number of aliphatic carboxylic acids is 1. The minimum Gasteiger partial charge on any atom is -0.508 e. The summed E-state index contributed by atoms with van der Waals surface area (Å²) in [5.74, 6) is -4.28. The zero-order chi connectivity index (χ0) is 27.3. The van der Waals surface area contributed by atoms with E-state index in [1.54, 1.807) is 19.1 Å². The van der Waals surface area contributed by atoms with E-state index in [9.17, 15) is 45.0 Å². The lowest BCUT2D eigenvalue weighted by atomic mass is 9.79. The minimum absolute atomic E-state index is 0.0784. The average molecular weight is 514 g/mol. The number of aryl methyl sites for hydroxylation is 1. The maximum absolute atomic E-state index is 12.3. The van der Waals surface area contributed by atoms with Crippen molar-refractivity contribution in [1.82, 2.24) is 0 Å². The zero-order valence-corrected chi connectivity index (χ0v) is 19.6. The number of esters is 2. The molecule has 0 amide bonds. The molecular weight excluding hydrogens is 488 g/mol. The summed E-state index contributed by atoms with van der Waals surface area (Å²) in [5.41, 5.74) is -0.968. The van der Waals surface area contributed by atoms with Crippen molar-refractivity contribution in [3.8, 4) is 17.2 Å². The van der Waals surface area contributed by atoms with Gasteiger partial charge in [-0.15, -0.1) is 0 Å². The smallest absolute Gasteiger partial charge is 0.335 e. The number of aliphatic hydroxyl groups is 2. The van der Waals surface area contributed by atoms with Gasteiger partial charge < -0.3 is 40.1 Å². The van der Waals surface area contributed by atoms with E-state index >= 15 is 0 Å². The fourth-order valence-electron chi connectivity index (χ4n) is 3.76. The number of hydrogen-bond donors (Lipinski definition) is 6. The molecule has 0 bridgehead atoms. The Balaban J connectivity index is 1.71. The Morgan fingerprint density at radius 3 is 1.78 bits per heavy atom. The lowest BCUT2D eigenvalue weighted by Crippen LogP contribution is -2.58. The molecule has 4 atom stereocenters. The number of carbonyl (C=O) groups excluding carboxylic acids is 2. The summed E-state index contributed by atoms with van der Waals surface area (Å²) in [6, 6.07) is 8.39. The number of aliphatic hydroxyl groups excluding tert-OH is 1. The van der Waals surface area contributed by atoms with Gasteiger partial charge in [0, 0.05) is 25.0 Å². The van der Waals surface area contributed by atoms with Crippen molar-refractivity contribution >= 4 is 30.1 Å². The van der Waals surface area contributed by atoms with E-state index in [0.717, 1.165) is 12.2 Å². The number of aromatic hydroxyl groups is 3. The molecule has 0 aromatic heterocycles. The van der Waals surface area contributed by atoms with Crippen LogP contribution in [0.2, 0.25) is 0 Å². The van der Waals surface area contributed by atoms with Crippen molar-refractivity contribution in [3.05, 3.63) is 65.2 Å². The van der Waals surface area contributed by atoms with Gasteiger partial charge >= 0.3 is 17.9 Å². The molecule has 1 fully saturated rings. The number of hydrogen-bond acceptors (Lipinski definition) is 10. The van der Waals surface area contributed by atoms with Crippen LogP contribution in [0.5, 0.6) is 17.2 Å². The van der Waals surface area contributed by atoms with E-state index < -0.39 is 60.4 Å². The number of carbonyl (C=O) groups is 3. The van der Waals surface area contributed by atoms with Gasteiger partial charge in [0.05, 0.1) is 0 Å². The topological polar surface area (TPSA) is 191 Å². The quantitative estimate of drug-likeness (QED) is 0.179. The Labute approximate surface area is 211 Å². The van der Waals surface area contributed by atoms with Crippen molar-refractivity contribution in [3.63, 3.8) is 0 Å². The van der Waals surface area contributed by atoms with E-state index in [2.05, 4.69) is 0 Å². The van der Waals surface area contributed by atoms with Gasteiger partial charge in [0.15, 0.2) is 17.1 Å².